The fourth-order valence-electron chi connectivity index (χ4n) is 5.03. The Labute approximate surface area is 208 Å². The van der Waals surface area contributed by atoms with Gasteiger partial charge in [-0.3, -0.25) is 4.99 Å². The summed E-state index contributed by atoms with van der Waals surface area (Å²) in [5, 5.41) is 4.97. The Bertz CT molecular complexity index is 1560. The van der Waals surface area contributed by atoms with Crippen LogP contribution in [0.2, 0.25) is 0 Å². The number of allylic oxidation sites excluding steroid dienone is 1. The van der Waals surface area contributed by atoms with Gasteiger partial charge in [0.1, 0.15) is 0 Å². The van der Waals surface area contributed by atoms with Crippen molar-refractivity contribution in [3.05, 3.63) is 131 Å². The van der Waals surface area contributed by atoms with Crippen molar-refractivity contribution < 1.29 is 0 Å². The van der Waals surface area contributed by atoms with E-state index in [1.54, 1.807) is 0 Å². The lowest BCUT2D eigenvalue weighted by Gasteiger charge is -2.18. The maximum atomic E-state index is 5.49. The average Bonchev–Trinajstić information content (AvgIpc) is 2.89. The van der Waals surface area contributed by atoms with E-state index in [4.69, 9.17) is 4.99 Å². The summed E-state index contributed by atoms with van der Waals surface area (Å²) >= 11 is 0. The maximum Gasteiger partial charge on any atom is 0.0747 e. The van der Waals surface area contributed by atoms with Crippen LogP contribution in [0, 0.1) is 12.8 Å². The van der Waals surface area contributed by atoms with Crippen LogP contribution in [0.15, 0.2) is 114 Å². The van der Waals surface area contributed by atoms with Gasteiger partial charge in [-0.1, -0.05) is 123 Å². The van der Waals surface area contributed by atoms with Crippen molar-refractivity contribution in [2.24, 2.45) is 10.9 Å². The van der Waals surface area contributed by atoms with E-state index in [2.05, 4.69) is 137 Å². The van der Waals surface area contributed by atoms with E-state index in [0.29, 0.717) is 0 Å². The first-order chi connectivity index (χ1) is 17.0. The summed E-state index contributed by atoms with van der Waals surface area (Å²) in [5.74, 6) is 0.281. The van der Waals surface area contributed by atoms with Crippen LogP contribution < -0.4 is 0 Å². The van der Waals surface area contributed by atoms with Gasteiger partial charge >= 0.3 is 0 Å². The highest BCUT2D eigenvalue weighted by Crippen LogP contribution is 2.37. The van der Waals surface area contributed by atoms with Crippen molar-refractivity contribution >= 4 is 38.5 Å². The van der Waals surface area contributed by atoms with Crippen LogP contribution in [0.3, 0.4) is 0 Å². The molecule has 5 rings (SSSR count). The minimum Gasteiger partial charge on any atom is -0.252 e. The lowest BCUT2D eigenvalue weighted by Crippen LogP contribution is -2.10. The number of fused-ring (bicyclic) bond motifs is 2. The molecule has 0 N–H and O–H groups in total. The van der Waals surface area contributed by atoms with Gasteiger partial charge in [0.15, 0.2) is 0 Å². The number of aryl methyl sites for hydroxylation is 1. The zero-order valence-electron chi connectivity index (χ0n) is 20.9. The van der Waals surface area contributed by atoms with Crippen molar-refractivity contribution in [3.8, 4) is 0 Å². The zero-order chi connectivity index (χ0) is 24.4. The average molecular weight is 454 g/mol. The minimum atomic E-state index is 0.281. The predicted molar refractivity (Wildman–Crippen MR) is 153 cm³/mol. The summed E-state index contributed by atoms with van der Waals surface area (Å²) in [7, 11) is 0. The Kier molecular flexibility index (Phi) is 6.33. The molecule has 0 saturated carbocycles. The van der Waals surface area contributed by atoms with Crippen molar-refractivity contribution in [2.45, 2.75) is 27.7 Å². The van der Waals surface area contributed by atoms with Gasteiger partial charge in [0.05, 0.1) is 11.4 Å². The maximum absolute atomic E-state index is 5.49. The van der Waals surface area contributed by atoms with Gasteiger partial charge in [-0.15, -0.1) is 0 Å². The zero-order valence-corrected chi connectivity index (χ0v) is 20.9. The number of hydrogen-bond donors (Lipinski definition) is 0. The molecule has 0 bridgehead atoms. The number of aliphatic imine (C=N–C) groups is 1. The highest BCUT2D eigenvalue weighted by atomic mass is 14.8. The van der Waals surface area contributed by atoms with E-state index >= 15 is 0 Å². The topological polar surface area (TPSA) is 12.4 Å². The smallest absolute Gasteiger partial charge is 0.0747 e. The molecule has 0 atom stereocenters. The largest absolute Gasteiger partial charge is 0.252 e. The molecule has 5 aromatic carbocycles. The quantitative estimate of drug-likeness (QED) is 0.186. The SMILES string of the molecule is C/C(=C(\N=C(\c1ccccc1)C(C)C)c1cccc2ccccc12)c1c(C)ccc2ccccc12. The monoisotopic (exact) mass is 453 g/mol. The summed E-state index contributed by atoms with van der Waals surface area (Å²) in [5.41, 5.74) is 8.21. The van der Waals surface area contributed by atoms with Gasteiger partial charge in [0.2, 0.25) is 0 Å². The standard InChI is InChI=1S/C34H31N/c1-23(2)33(28-15-6-5-7-16-28)35-34(31-20-12-17-26-13-8-10-18-29(26)31)25(4)32-24(3)21-22-27-14-9-11-19-30(27)32/h5-23H,1-4H3/b34-25+,35-33+. The molecule has 0 aliphatic heterocycles. The van der Waals surface area contributed by atoms with Gasteiger partial charge in [-0.2, -0.15) is 0 Å². The van der Waals surface area contributed by atoms with Crippen molar-refractivity contribution in [1.82, 2.24) is 0 Å². The first-order valence-electron chi connectivity index (χ1n) is 12.4. The Morgan fingerprint density at radius 3 is 1.94 bits per heavy atom. The predicted octanol–water partition coefficient (Wildman–Crippen LogP) is 9.33. The third-order valence-electron chi connectivity index (χ3n) is 6.76. The van der Waals surface area contributed by atoms with Crippen LogP contribution in [0.5, 0.6) is 0 Å². The molecule has 0 aliphatic rings. The van der Waals surface area contributed by atoms with Crippen LogP contribution in [0.4, 0.5) is 0 Å². The number of rotatable bonds is 5. The lowest BCUT2D eigenvalue weighted by molar-refractivity contribution is 0.885. The van der Waals surface area contributed by atoms with Gasteiger partial charge in [0, 0.05) is 5.56 Å². The van der Waals surface area contributed by atoms with Crippen LogP contribution in [0.1, 0.15) is 43.0 Å². The van der Waals surface area contributed by atoms with Crippen molar-refractivity contribution in [2.75, 3.05) is 0 Å². The summed E-state index contributed by atoms with van der Waals surface area (Å²) < 4.78 is 0. The molecule has 0 spiro atoms. The molecule has 0 amide bonds. The molecule has 0 aliphatic carbocycles. The highest BCUT2D eigenvalue weighted by Gasteiger charge is 2.17. The number of benzene rings is 5. The van der Waals surface area contributed by atoms with Crippen molar-refractivity contribution in [3.63, 3.8) is 0 Å². The summed E-state index contributed by atoms with van der Waals surface area (Å²) in [6.45, 7) is 8.89. The summed E-state index contributed by atoms with van der Waals surface area (Å²) in [6.07, 6.45) is 0. The summed E-state index contributed by atoms with van der Waals surface area (Å²) in [4.78, 5) is 5.49. The molecular weight excluding hydrogens is 422 g/mol. The summed E-state index contributed by atoms with van der Waals surface area (Å²) in [6, 6.07) is 38.8. The molecule has 0 unspecified atom stereocenters. The van der Waals surface area contributed by atoms with Gasteiger partial charge in [0.25, 0.3) is 0 Å². The van der Waals surface area contributed by atoms with E-state index in [1.807, 2.05) is 0 Å². The number of hydrogen-bond acceptors (Lipinski definition) is 1. The fraction of sp³-hybridized carbons (Fsp3) is 0.147. The first kappa shape index (κ1) is 22.8. The molecule has 0 saturated heterocycles. The van der Waals surface area contributed by atoms with E-state index < -0.39 is 0 Å². The van der Waals surface area contributed by atoms with Crippen LogP contribution in [0.25, 0.3) is 32.8 Å². The molecule has 0 aromatic heterocycles. The molecule has 172 valence electrons. The first-order valence-corrected chi connectivity index (χ1v) is 12.4. The van der Waals surface area contributed by atoms with E-state index in [0.717, 1.165) is 11.4 Å². The molecular formula is C34H31N. The van der Waals surface area contributed by atoms with Crippen LogP contribution in [-0.2, 0) is 0 Å². The third kappa shape index (κ3) is 4.42. The second kappa shape index (κ2) is 9.72. The molecule has 1 heteroatoms. The van der Waals surface area contributed by atoms with Crippen LogP contribution >= 0.6 is 0 Å². The molecule has 35 heavy (non-hydrogen) atoms. The Hall–Kier alpha value is -3.97. The van der Waals surface area contributed by atoms with Gasteiger partial charge in [-0.25, -0.2) is 0 Å². The van der Waals surface area contributed by atoms with E-state index in [9.17, 15) is 0 Å². The normalized spacial score (nSPS) is 12.9. The van der Waals surface area contributed by atoms with Crippen molar-refractivity contribution in [1.29, 1.82) is 0 Å². The van der Waals surface area contributed by atoms with Crippen LogP contribution in [-0.4, -0.2) is 5.71 Å². The van der Waals surface area contributed by atoms with E-state index in [1.165, 1.54) is 49.4 Å². The Morgan fingerprint density at radius 2 is 1.23 bits per heavy atom. The van der Waals surface area contributed by atoms with E-state index in [-0.39, 0.29) is 5.92 Å². The second-order valence-corrected chi connectivity index (χ2v) is 9.50. The molecule has 0 fully saturated rings. The highest BCUT2D eigenvalue weighted by molar-refractivity contribution is 6.11. The van der Waals surface area contributed by atoms with Gasteiger partial charge in [-0.05, 0) is 63.6 Å². The Morgan fingerprint density at radius 1 is 0.629 bits per heavy atom. The third-order valence-corrected chi connectivity index (χ3v) is 6.76. The molecule has 1 nitrogen and oxygen atoms in total. The Balaban J connectivity index is 1.89. The molecule has 5 aromatic rings. The van der Waals surface area contributed by atoms with Gasteiger partial charge < -0.3 is 0 Å². The minimum absolute atomic E-state index is 0.281. The molecule has 0 heterocycles. The number of nitrogens with zero attached hydrogens (tertiary/aromatic N) is 1. The molecule has 0 radical (unpaired) electrons. The fourth-order valence-corrected chi connectivity index (χ4v) is 5.03. The second-order valence-electron chi connectivity index (χ2n) is 9.50. The lowest BCUT2D eigenvalue weighted by atomic mass is 9.90.